The van der Waals surface area contributed by atoms with Crippen LogP contribution in [0.15, 0.2) is 22.7 Å². The summed E-state index contributed by atoms with van der Waals surface area (Å²) >= 11 is 3.56. The van der Waals surface area contributed by atoms with Gasteiger partial charge in [0.1, 0.15) is 5.75 Å². The molecule has 0 amide bonds. The van der Waals surface area contributed by atoms with Crippen LogP contribution in [0, 0.1) is 5.92 Å². The number of hydrogen-bond acceptors (Lipinski definition) is 2. The molecule has 0 saturated heterocycles. The van der Waals surface area contributed by atoms with Gasteiger partial charge in [0.15, 0.2) is 0 Å². The topological polar surface area (TPSA) is 35.2 Å². The molecule has 0 bridgehead atoms. The highest BCUT2D eigenvalue weighted by Crippen LogP contribution is 2.32. The van der Waals surface area contributed by atoms with Gasteiger partial charge in [-0.25, -0.2) is 0 Å². The third-order valence-corrected chi connectivity index (χ3v) is 4.09. The monoisotopic (exact) mass is 327 g/mol. The standard InChI is InChI=1S/C16H26BrNO/c1-4-7-12(8-5-2)16(18)13-9-10-15(19-6-3)14(17)11-13/h9-12,16H,4-8,18H2,1-3H3. The van der Waals surface area contributed by atoms with E-state index in [0.717, 1.165) is 10.2 Å². The molecule has 1 atom stereocenters. The molecule has 0 aliphatic heterocycles. The van der Waals surface area contributed by atoms with Gasteiger partial charge in [-0.1, -0.05) is 32.8 Å². The largest absolute Gasteiger partial charge is 0.493 e. The molecular formula is C16H26BrNO. The van der Waals surface area contributed by atoms with Gasteiger partial charge in [-0.05, 0) is 59.3 Å². The second-order valence-corrected chi connectivity index (χ2v) is 5.84. The Morgan fingerprint density at radius 2 is 1.79 bits per heavy atom. The lowest BCUT2D eigenvalue weighted by atomic mass is 9.87. The van der Waals surface area contributed by atoms with Gasteiger partial charge in [-0.15, -0.1) is 0 Å². The Morgan fingerprint density at radius 1 is 1.16 bits per heavy atom. The van der Waals surface area contributed by atoms with E-state index in [9.17, 15) is 0 Å². The first-order valence-corrected chi connectivity index (χ1v) is 8.11. The van der Waals surface area contributed by atoms with Crippen LogP contribution in [-0.4, -0.2) is 6.61 Å². The van der Waals surface area contributed by atoms with Gasteiger partial charge in [-0.3, -0.25) is 0 Å². The van der Waals surface area contributed by atoms with Crippen LogP contribution in [0.1, 0.15) is 58.1 Å². The highest BCUT2D eigenvalue weighted by atomic mass is 79.9. The van der Waals surface area contributed by atoms with Gasteiger partial charge < -0.3 is 10.5 Å². The molecule has 1 aromatic rings. The summed E-state index contributed by atoms with van der Waals surface area (Å²) in [5.74, 6) is 1.46. The van der Waals surface area contributed by atoms with Gasteiger partial charge in [0, 0.05) is 6.04 Å². The highest BCUT2D eigenvalue weighted by molar-refractivity contribution is 9.10. The van der Waals surface area contributed by atoms with E-state index in [1.807, 2.05) is 13.0 Å². The van der Waals surface area contributed by atoms with E-state index in [4.69, 9.17) is 10.5 Å². The lowest BCUT2D eigenvalue weighted by molar-refractivity contribution is 0.337. The molecule has 0 aromatic heterocycles. The molecule has 1 unspecified atom stereocenters. The number of benzene rings is 1. The average molecular weight is 328 g/mol. The zero-order chi connectivity index (χ0) is 14.3. The lowest BCUT2D eigenvalue weighted by Crippen LogP contribution is -2.21. The third-order valence-electron chi connectivity index (χ3n) is 3.47. The zero-order valence-corrected chi connectivity index (χ0v) is 13.9. The maximum absolute atomic E-state index is 6.44. The molecule has 1 rings (SSSR count). The van der Waals surface area contributed by atoms with Gasteiger partial charge in [0.2, 0.25) is 0 Å². The van der Waals surface area contributed by atoms with Crippen molar-refractivity contribution in [3.05, 3.63) is 28.2 Å². The lowest BCUT2D eigenvalue weighted by Gasteiger charge is -2.24. The predicted octanol–water partition coefficient (Wildman–Crippen LogP) is 5.06. The fourth-order valence-electron chi connectivity index (χ4n) is 2.51. The van der Waals surface area contributed by atoms with Crippen molar-refractivity contribution in [2.75, 3.05) is 6.61 Å². The fraction of sp³-hybridized carbons (Fsp3) is 0.625. The van der Waals surface area contributed by atoms with Gasteiger partial charge >= 0.3 is 0 Å². The van der Waals surface area contributed by atoms with Crippen LogP contribution in [0.4, 0.5) is 0 Å². The Balaban J connectivity index is 2.85. The summed E-state index contributed by atoms with van der Waals surface area (Å²) < 4.78 is 6.53. The number of nitrogens with two attached hydrogens (primary N) is 1. The van der Waals surface area contributed by atoms with Crippen LogP contribution < -0.4 is 10.5 Å². The Kier molecular flexibility index (Phi) is 7.47. The fourth-order valence-corrected chi connectivity index (χ4v) is 3.03. The van der Waals surface area contributed by atoms with E-state index in [0.29, 0.717) is 12.5 Å². The van der Waals surface area contributed by atoms with Crippen molar-refractivity contribution >= 4 is 15.9 Å². The first-order valence-electron chi connectivity index (χ1n) is 7.31. The van der Waals surface area contributed by atoms with Crippen LogP contribution in [0.3, 0.4) is 0 Å². The average Bonchev–Trinajstić information content (AvgIpc) is 2.40. The van der Waals surface area contributed by atoms with Crippen molar-refractivity contribution in [2.45, 2.75) is 52.5 Å². The summed E-state index contributed by atoms with van der Waals surface area (Å²) in [6, 6.07) is 6.33. The first kappa shape index (κ1) is 16.5. The Bertz CT molecular complexity index is 375. The van der Waals surface area contributed by atoms with E-state index >= 15 is 0 Å². The second kappa shape index (κ2) is 8.60. The van der Waals surface area contributed by atoms with Crippen LogP contribution in [0.25, 0.3) is 0 Å². The van der Waals surface area contributed by atoms with E-state index in [1.54, 1.807) is 0 Å². The maximum atomic E-state index is 6.44. The van der Waals surface area contributed by atoms with Crippen molar-refractivity contribution < 1.29 is 4.74 Å². The summed E-state index contributed by atoms with van der Waals surface area (Å²) in [5, 5.41) is 0. The van der Waals surface area contributed by atoms with Crippen molar-refractivity contribution in [2.24, 2.45) is 11.7 Å². The maximum Gasteiger partial charge on any atom is 0.133 e. The SMILES string of the molecule is CCCC(CCC)C(N)c1ccc(OCC)c(Br)c1. The van der Waals surface area contributed by atoms with E-state index in [1.165, 1.54) is 31.2 Å². The Labute approximate surface area is 125 Å². The molecule has 2 nitrogen and oxygen atoms in total. The number of rotatable bonds is 8. The van der Waals surface area contributed by atoms with Crippen molar-refractivity contribution in [1.82, 2.24) is 0 Å². The van der Waals surface area contributed by atoms with Crippen LogP contribution >= 0.6 is 15.9 Å². The Hall–Kier alpha value is -0.540. The van der Waals surface area contributed by atoms with Gasteiger partial charge in [0.25, 0.3) is 0 Å². The summed E-state index contributed by atoms with van der Waals surface area (Å²) in [7, 11) is 0. The molecular weight excluding hydrogens is 302 g/mol. The molecule has 0 heterocycles. The molecule has 0 saturated carbocycles. The molecule has 0 radical (unpaired) electrons. The van der Waals surface area contributed by atoms with Crippen molar-refractivity contribution in [1.29, 1.82) is 0 Å². The van der Waals surface area contributed by atoms with Crippen molar-refractivity contribution in [3.8, 4) is 5.75 Å². The van der Waals surface area contributed by atoms with Crippen LogP contribution in [0.5, 0.6) is 5.75 Å². The molecule has 19 heavy (non-hydrogen) atoms. The minimum atomic E-state index is 0.117. The molecule has 0 aliphatic rings. The first-order chi connectivity index (χ1) is 9.13. The van der Waals surface area contributed by atoms with Gasteiger partial charge in [-0.2, -0.15) is 0 Å². The number of hydrogen-bond donors (Lipinski definition) is 1. The summed E-state index contributed by atoms with van der Waals surface area (Å²) in [6.45, 7) is 7.12. The summed E-state index contributed by atoms with van der Waals surface area (Å²) in [5.41, 5.74) is 7.64. The van der Waals surface area contributed by atoms with Crippen LogP contribution in [-0.2, 0) is 0 Å². The smallest absolute Gasteiger partial charge is 0.133 e. The molecule has 0 spiro atoms. The van der Waals surface area contributed by atoms with Crippen molar-refractivity contribution in [3.63, 3.8) is 0 Å². The molecule has 0 aliphatic carbocycles. The number of halogens is 1. The minimum Gasteiger partial charge on any atom is -0.493 e. The quantitative estimate of drug-likeness (QED) is 0.723. The number of ether oxygens (including phenoxy) is 1. The minimum absolute atomic E-state index is 0.117. The highest BCUT2D eigenvalue weighted by Gasteiger charge is 2.18. The van der Waals surface area contributed by atoms with E-state index < -0.39 is 0 Å². The molecule has 2 N–H and O–H groups in total. The molecule has 0 fully saturated rings. The second-order valence-electron chi connectivity index (χ2n) is 4.99. The van der Waals surface area contributed by atoms with E-state index in [-0.39, 0.29) is 6.04 Å². The molecule has 3 heteroatoms. The van der Waals surface area contributed by atoms with E-state index in [2.05, 4.69) is 41.9 Å². The Morgan fingerprint density at radius 3 is 2.26 bits per heavy atom. The summed E-state index contributed by atoms with van der Waals surface area (Å²) in [6.07, 6.45) is 4.77. The third kappa shape index (κ3) is 4.81. The summed E-state index contributed by atoms with van der Waals surface area (Å²) in [4.78, 5) is 0. The zero-order valence-electron chi connectivity index (χ0n) is 12.3. The normalized spacial score (nSPS) is 12.7. The van der Waals surface area contributed by atoms with Crippen LogP contribution in [0.2, 0.25) is 0 Å². The van der Waals surface area contributed by atoms with Gasteiger partial charge in [0.05, 0.1) is 11.1 Å². The molecule has 108 valence electrons. The predicted molar refractivity (Wildman–Crippen MR) is 85.5 cm³/mol. The molecule has 1 aromatic carbocycles.